The first-order valence-electron chi connectivity index (χ1n) is 6.55. The predicted molar refractivity (Wildman–Crippen MR) is 70.1 cm³/mol. The number of pyridine rings is 1. The van der Waals surface area contributed by atoms with E-state index in [1.54, 1.807) is 0 Å². The summed E-state index contributed by atoms with van der Waals surface area (Å²) in [6.07, 6.45) is -2.64. The highest BCUT2D eigenvalue weighted by Crippen LogP contribution is 2.38. The number of hydrogen-bond donors (Lipinski definition) is 1. The van der Waals surface area contributed by atoms with Crippen molar-refractivity contribution in [3.63, 3.8) is 0 Å². The van der Waals surface area contributed by atoms with Gasteiger partial charge in [0.15, 0.2) is 11.6 Å². The smallest absolute Gasteiger partial charge is 0.477 e. The second-order valence-corrected chi connectivity index (χ2v) is 5.16. The summed E-state index contributed by atoms with van der Waals surface area (Å²) in [5.74, 6) is -3.94. The molecule has 1 fully saturated rings. The van der Waals surface area contributed by atoms with Gasteiger partial charge in [0.2, 0.25) is 5.43 Å². The van der Waals surface area contributed by atoms with Crippen molar-refractivity contribution in [1.82, 2.24) is 4.57 Å². The number of aromatic carboxylic acids is 1. The number of rotatable bonds is 3. The van der Waals surface area contributed by atoms with Crippen molar-refractivity contribution in [3.8, 4) is 5.75 Å². The van der Waals surface area contributed by atoms with Crippen LogP contribution in [0.15, 0.2) is 23.1 Å². The largest absolute Gasteiger partial charge is 0.573 e. The molecule has 23 heavy (non-hydrogen) atoms. The third-order valence-corrected chi connectivity index (χ3v) is 3.48. The minimum atomic E-state index is -5.08. The average molecular weight is 331 g/mol. The normalized spacial score (nSPS) is 15.0. The molecule has 0 atom stereocenters. The van der Waals surface area contributed by atoms with E-state index in [9.17, 15) is 27.2 Å². The monoisotopic (exact) mass is 331 g/mol. The Bertz CT molecular complexity index is 868. The number of alkyl halides is 3. The van der Waals surface area contributed by atoms with Crippen LogP contribution in [0.3, 0.4) is 0 Å². The van der Waals surface area contributed by atoms with Crippen LogP contribution in [0.4, 0.5) is 17.6 Å². The molecule has 1 saturated carbocycles. The number of carboxylic acid groups (broad SMARTS) is 1. The number of halogens is 4. The molecular weight excluding hydrogens is 322 g/mol. The lowest BCUT2D eigenvalue weighted by Gasteiger charge is -2.14. The Balaban J connectivity index is 2.29. The standard InChI is InChI=1S/C14H9F4NO4/c15-9-3-7-10(4-11(9)23-14(16,17)18)19(6-1-2-6)5-8(12(7)20)13(21)22/h3-6H,1-2H2,(H,21,22). The molecule has 3 rings (SSSR count). The summed E-state index contributed by atoms with van der Waals surface area (Å²) in [6.45, 7) is 0. The lowest BCUT2D eigenvalue weighted by molar-refractivity contribution is -0.275. The van der Waals surface area contributed by atoms with Crippen LogP contribution in [0.25, 0.3) is 10.9 Å². The molecule has 1 aliphatic carbocycles. The molecular formula is C14H9F4NO4. The molecule has 5 nitrogen and oxygen atoms in total. The predicted octanol–water partition coefficient (Wildman–Crippen LogP) is 3.07. The highest BCUT2D eigenvalue weighted by Gasteiger charge is 2.33. The highest BCUT2D eigenvalue weighted by molar-refractivity contribution is 5.93. The molecule has 1 heterocycles. The molecule has 0 aliphatic heterocycles. The Morgan fingerprint density at radius 1 is 1.30 bits per heavy atom. The fraction of sp³-hybridized carbons (Fsp3) is 0.286. The van der Waals surface area contributed by atoms with E-state index in [2.05, 4.69) is 4.74 Å². The van der Waals surface area contributed by atoms with Crippen molar-refractivity contribution < 1.29 is 32.2 Å². The van der Waals surface area contributed by atoms with Crippen molar-refractivity contribution in [2.24, 2.45) is 0 Å². The van der Waals surface area contributed by atoms with Gasteiger partial charge in [0.05, 0.1) is 5.52 Å². The second kappa shape index (κ2) is 4.97. The van der Waals surface area contributed by atoms with Gasteiger partial charge < -0.3 is 14.4 Å². The van der Waals surface area contributed by atoms with Crippen molar-refractivity contribution >= 4 is 16.9 Å². The van der Waals surface area contributed by atoms with E-state index in [1.165, 1.54) is 4.57 Å². The minimum absolute atomic E-state index is 0.00292. The van der Waals surface area contributed by atoms with Crippen LogP contribution in [-0.4, -0.2) is 22.0 Å². The maximum atomic E-state index is 13.8. The van der Waals surface area contributed by atoms with E-state index in [1.807, 2.05) is 0 Å². The topological polar surface area (TPSA) is 68.5 Å². The van der Waals surface area contributed by atoms with Crippen molar-refractivity contribution in [3.05, 3.63) is 39.9 Å². The van der Waals surface area contributed by atoms with E-state index >= 15 is 0 Å². The summed E-state index contributed by atoms with van der Waals surface area (Å²) in [4.78, 5) is 23.2. The lowest BCUT2D eigenvalue weighted by atomic mass is 10.1. The van der Waals surface area contributed by atoms with Crippen LogP contribution in [0, 0.1) is 5.82 Å². The Hall–Kier alpha value is -2.58. The zero-order valence-corrected chi connectivity index (χ0v) is 11.4. The number of carboxylic acids is 1. The molecule has 1 N–H and O–H groups in total. The number of fused-ring (bicyclic) bond motifs is 1. The van der Waals surface area contributed by atoms with Crippen LogP contribution in [-0.2, 0) is 0 Å². The zero-order chi connectivity index (χ0) is 16.9. The zero-order valence-electron chi connectivity index (χ0n) is 11.4. The van der Waals surface area contributed by atoms with Crippen LogP contribution in [0.1, 0.15) is 29.2 Å². The van der Waals surface area contributed by atoms with Gasteiger partial charge in [-0.05, 0) is 18.9 Å². The molecule has 0 bridgehead atoms. The van der Waals surface area contributed by atoms with Gasteiger partial charge in [0, 0.05) is 23.7 Å². The number of ether oxygens (including phenoxy) is 1. The third kappa shape index (κ3) is 2.86. The maximum Gasteiger partial charge on any atom is 0.573 e. The molecule has 2 aromatic rings. The number of benzene rings is 1. The molecule has 1 aliphatic rings. The summed E-state index contributed by atoms with van der Waals surface area (Å²) in [5, 5.41) is 8.75. The van der Waals surface area contributed by atoms with Crippen molar-refractivity contribution in [2.75, 3.05) is 0 Å². The van der Waals surface area contributed by atoms with Crippen LogP contribution < -0.4 is 10.2 Å². The molecule has 9 heteroatoms. The quantitative estimate of drug-likeness (QED) is 0.878. The fourth-order valence-electron chi connectivity index (χ4n) is 2.36. The summed E-state index contributed by atoms with van der Waals surface area (Å²) in [7, 11) is 0. The van der Waals surface area contributed by atoms with Gasteiger partial charge in [-0.3, -0.25) is 4.79 Å². The third-order valence-electron chi connectivity index (χ3n) is 3.48. The molecule has 1 aromatic carbocycles. The molecule has 0 saturated heterocycles. The van der Waals surface area contributed by atoms with Crippen molar-refractivity contribution in [1.29, 1.82) is 0 Å². The lowest BCUT2D eigenvalue weighted by Crippen LogP contribution is -2.20. The number of nitrogens with zero attached hydrogens (tertiary/aromatic N) is 1. The Kier molecular flexibility index (Phi) is 3.31. The fourth-order valence-corrected chi connectivity index (χ4v) is 2.36. The SMILES string of the molecule is O=C(O)c1cn(C2CC2)c2cc(OC(F)(F)F)c(F)cc2c1=O. The summed E-state index contributed by atoms with van der Waals surface area (Å²) in [5.41, 5.74) is -1.52. The van der Waals surface area contributed by atoms with Gasteiger partial charge in [-0.25, -0.2) is 9.18 Å². The van der Waals surface area contributed by atoms with Crippen molar-refractivity contribution in [2.45, 2.75) is 25.2 Å². The van der Waals surface area contributed by atoms with E-state index in [4.69, 9.17) is 5.11 Å². The molecule has 0 radical (unpaired) electrons. The Labute approximate surface area is 125 Å². The number of carbonyl (C=O) groups is 1. The Morgan fingerprint density at radius 2 is 1.96 bits per heavy atom. The van der Waals surface area contributed by atoms with Crippen LogP contribution in [0.2, 0.25) is 0 Å². The number of aromatic nitrogens is 1. The molecule has 1 aromatic heterocycles. The first kappa shape index (κ1) is 15.3. The van der Waals surface area contributed by atoms with E-state index < -0.39 is 34.9 Å². The Morgan fingerprint density at radius 3 is 2.48 bits per heavy atom. The molecule has 0 unspecified atom stereocenters. The maximum absolute atomic E-state index is 13.8. The summed E-state index contributed by atoms with van der Waals surface area (Å²) < 4.78 is 55.7. The molecule has 0 spiro atoms. The van der Waals surface area contributed by atoms with Gasteiger partial charge in [0.1, 0.15) is 5.56 Å². The number of hydrogen-bond acceptors (Lipinski definition) is 3. The first-order valence-corrected chi connectivity index (χ1v) is 6.55. The molecule has 0 amide bonds. The van der Waals surface area contributed by atoms with E-state index in [0.29, 0.717) is 18.9 Å². The highest BCUT2D eigenvalue weighted by atomic mass is 19.4. The van der Waals surface area contributed by atoms with Crippen LogP contribution in [0.5, 0.6) is 5.75 Å². The molecule has 122 valence electrons. The van der Waals surface area contributed by atoms with Gasteiger partial charge >= 0.3 is 12.3 Å². The van der Waals surface area contributed by atoms with Gasteiger partial charge in [-0.2, -0.15) is 0 Å². The van der Waals surface area contributed by atoms with E-state index in [-0.39, 0.29) is 16.9 Å². The second-order valence-electron chi connectivity index (χ2n) is 5.16. The summed E-state index contributed by atoms with van der Waals surface area (Å²) >= 11 is 0. The first-order chi connectivity index (χ1) is 10.7. The van der Waals surface area contributed by atoms with Crippen LogP contribution >= 0.6 is 0 Å². The minimum Gasteiger partial charge on any atom is -0.477 e. The average Bonchev–Trinajstić information content (AvgIpc) is 3.23. The summed E-state index contributed by atoms with van der Waals surface area (Å²) in [6, 6.07) is 1.20. The van der Waals surface area contributed by atoms with E-state index in [0.717, 1.165) is 12.3 Å². The van der Waals surface area contributed by atoms with Gasteiger partial charge in [-0.15, -0.1) is 13.2 Å². The van der Waals surface area contributed by atoms with Gasteiger partial charge in [0.25, 0.3) is 0 Å². The van der Waals surface area contributed by atoms with Gasteiger partial charge in [-0.1, -0.05) is 0 Å².